The van der Waals surface area contributed by atoms with Gasteiger partial charge in [-0.25, -0.2) is 4.98 Å². The van der Waals surface area contributed by atoms with Gasteiger partial charge in [-0.05, 0) is 17.9 Å². The molecule has 2 rings (SSSR count). The van der Waals surface area contributed by atoms with E-state index in [0.29, 0.717) is 4.70 Å². The van der Waals surface area contributed by atoms with E-state index in [1.54, 1.807) is 0 Å². The highest BCUT2D eigenvalue weighted by atomic mass is 32.1. The van der Waals surface area contributed by atoms with E-state index >= 15 is 0 Å². The summed E-state index contributed by atoms with van der Waals surface area (Å²) < 4.78 is 1.94. The molecule has 0 fully saturated rings. The fraction of sp³-hybridized carbons (Fsp3) is 0.222. The summed E-state index contributed by atoms with van der Waals surface area (Å²) >= 11 is 1.38. The van der Waals surface area contributed by atoms with Gasteiger partial charge in [0.05, 0.1) is 17.9 Å². The second kappa shape index (κ2) is 3.24. The predicted octanol–water partition coefficient (Wildman–Crippen LogP) is 1.29. The van der Waals surface area contributed by atoms with Crippen molar-refractivity contribution in [3.05, 3.63) is 27.6 Å². The molecular weight excluding hydrogens is 198 g/mol. The number of hydrogen-bond donors (Lipinski definition) is 0. The number of nitrogens with zero attached hydrogens (tertiary/aromatic N) is 3. The van der Waals surface area contributed by atoms with Gasteiger partial charge in [-0.1, -0.05) is 0 Å². The molecule has 0 unspecified atom stereocenters. The van der Waals surface area contributed by atoms with Gasteiger partial charge in [-0.3, -0.25) is 9.36 Å². The van der Waals surface area contributed by atoms with Gasteiger partial charge < -0.3 is 0 Å². The highest BCUT2D eigenvalue weighted by Gasteiger charge is 2.07. The lowest BCUT2D eigenvalue weighted by atomic mass is 10.3. The Morgan fingerprint density at radius 3 is 3.21 bits per heavy atom. The molecule has 0 amide bonds. The lowest BCUT2D eigenvalue weighted by molar-refractivity contribution is 0.777. The first-order valence-corrected chi connectivity index (χ1v) is 4.92. The molecule has 0 bridgehead atoms. The number of fused-ring (bicyclic) bond motifs is 1. The average molecular weight is 205 g/mol. The van der Waals surface area contributed by atoms with E-state index < -0.39 is 0 Å². The number of aromatic nitrogens is 2. The molecule has 0 N–H and O–H groups in total. The van der Waals surface area contributed by atoms with Crippen LogP contribution in [0.25, 0.3) is 10.2 Å². The zero-order chi connectivity index (χ0) is 10.1. The summed E-state index contributed by atoms with van der Waals surface area (Å²) in [6.45, 7) is 1.97. The Balaban J connectivity index is 2.78. The molecule has 5 heteroatoms. The van der Waals surface area contributed by atoms with E-state index in [1.807, 2.05) is 18.4 Å². The quantitative estimate of drug-likeness (QED) is 0.704. The molecule has 0 aromatic carbocycles. The first kappa shape index (κ1) is 8.91. The number of hydrogen-bond acceptors (Lipinski definition) is 4. The number of nitriles is 1. The third kappa shape index (κ3) is 1.20. The van der Waals surface area contributed by atoms with Crippen LogP contribution in [0.2, 0.25) is 0 Å². The van der Waals surface area contributed by atoms with Crippen molar-refractivity contribution in [1.82, 2.24) is 9.55 Å². The fourth-order valence-corrected chi connectivity index (χ4v) is 2.20. The minimum absolute atomic E-state index is 0.0543. The van der Waals surface area contributed by atoms with Crippen LogP contribution >= 0.6 is 11.3 Å². The van der Waals surface area contributed by atoms with Crippen LogP contribution in [0, 0.1) is 18.3 Å². The molecule has 2 aromatic rings. The molecule has 0 atom stereocenters. The smallest absolute Gasteiger partial charge is 0.272 e. The molecule has 70 valence electrons. The van der Waals surface area contributed by atoms with Gasteiger partial charge in [0.15, 0.2) is 0 Å². The highest BCUT2D eigenvalue weighted by Crippen LogP contribution is 2.18. The molecule has 14 heavy (non-hydrogen) atoms. The second-order valence-corrected chi connectivity index (χ2v) is 3.81. The van der Waals surface area contributed by atoms with Crippen molar-refractivity contribution in [3.8, 4) is 6.07 Å². The maximum Gasteiger partial charge on any atom is 0.272 e. The van der Waals surface area contributed by atoms with E-state index in [1.165, 1.54) is 22.2 Å². The largest absolute Gasteiger partial charge is 0.284 e. The molecule has 0 aliphatic heterocycles. The van der Waals surface area contributed by atoms with Crippen molar-refractivity contribution in [2.75, 3.05) is 0 Å². The maximum atomic E-state index is 11.7. The van der Waals surface area contributed by atoms with Crippen molar-refractivity contribution < 1.29 is 0 Å². The summed E-state index contributed by atoms with van der Waals surface area (Å²) in [5, 5.41) is 10.4. The van der Waals surface area contributed by atoms with Crippen LogP contribution in [-0.2, 0) is 6.54 Å². The van der Waals surface area contributed by atoms with E-state index in [2.05, 4.69) is 4.98 Å². The van der Waals surface area contributed by atoms with Crippen LogP contribution in [0.5, 0.6) is 0 Å². The van der Waals surface area contributed by atoms with Crippen LogP contribution in [0.1, 0.15) is 5.56 Å². The molecule has 4 nitrogen and oxygen atoms in total. The third-order valence-corrected chi connectivity index (χ3v) is 3.04. The molecule has 0 aliphatic rings. The van der Waals surface area contributed by atoms with Crippen LogP contribution in [-0.4, -0.2) is 9.55 Å². The van der Waals surface area contributed by atoms with Gasteiger partial charge in [-0.2, -0.15) is 5.26 Å². The topological polar surface area (TPSA) is 58.7 Å². The Bertz CT molecular complexity index is 576. The molecule has 0 spiro atoms. The summed E-state index contributed by atoms with van der Waals surface area (Å²) in [6.07, 6.45) is 1.42. The van der Waals surface area contributed by atoms with Crippen LogP contribution in [0.4, 0.5) is 0 Å². The lowest BCUT2D eigenvalue weighted by Gasteiger charge is -1.97. The molecule has 0 aliphatic carbocycles. The SMILES string of the molecule is Cc1csc2c(=O)n(CC#N)cnc12. The molecule has 2 heterocycles. The summed E-state index contributed by atoms with van der Waals surface area (Å²) in [7, 11) is 0. The monoisotopic (exact) mass is 205 g/mol. The van der Waals surface area contributed by atoms with E-state index in [4.69, 9.17) is 5.26 Å². The normalized spacial score (nSPS) is 10.3. The minimum Gasteiger partial charge on any atom is -0.284 e. The van der Waals surface area contributed by atoms with Crippen molar-refractivity contribution in [3.63, 3.8) is 0 Å². The maximum absolute atomic E-state index is 11.7. The minimum atomic E-state index is -0.130. The lowest BCUT2D eigenvalue weighted by Crippen LogP contribution is -2.18. The van der Waals surface area contributed by atoms with Crippen molar-refractivity contribution >= 4 is 21.6 Å². The van der Waals surface area contributed by atoms with Gasteiger partial charge in [0.2, 0.25) is 0 Å². The Morgan fingerprint density at radius 1 is 1.71 bits per heavy atom. The summed E-state index contributed by atoms with van der Waals surface area (Å²) in [5.41, 5.74) is 1.62. The number of aryl methyl sites for hydroxylation is 1. The van der Waals surface area contributed by atoms with Gasteiger partial charge in [0.25, 0.3) is 5.56 Å². The Labute approximate surface area is 84.1 Å². The first-order chi connectivity index (χ1) is 6.74. The number of rotatable bonds is 1. The summed E-state index contributed by atoms with van der Waals surface area (Å²) in [5.74, 6) is 0. The van der Waals surface area contributed by atoms with Gasteiger partial charge in [0.1, 0.15) is 11.2 Å². The van der Waals surface area contributed by atoms with Crippen LogP contribution in [0.15, 0.2) is 16.5 Å². The van der Waals surface area contributed by atoms with Crippen molar-refractivity contribution in [2.45, 2.75) is 13.5 Å². The predicted molar refractivity (Wildman–Crippen MR) is 54.2 cm³/mol. The van der Waals surface area contributed by atoms with Crippen molar-refractivity contribution in [1.29, 1.82) is 5.26 Å². The van der Waals surface area contributed by atoms with E-state index in [-0.39, 0.29) is 12.1 Å². The second-order valence-electron chi connectivity index (χ2n) is 2.93. The Hall–Kier alpha value is -1.67. The molecular formula is C9H7N3OS. The van der Waals surface area contributed by atoms with Crippen molar-refractivity contribution in [2.24, 2.45) is 0 Å². The van der Waals surface area contributed by atoms with Gasteiger partial charge >= 0.3 is 0 Å². The number of thiophene rings is 1. The Morgan fingerprint density at radius 2 is 2.50 bits per heavy atom. The molecule has 0 saturated heterocycles. The van der Waals surface area contributed by atoms with Gasteiger partial charge in [-0.15, -0.1) is 11.3 Å². The summed E-state index contributed by atoms with van der Waals surface area (Å²) in [6, 6.07) is 1.92. The molecule has 2 aromatic heterocycles. The van der Waals surface area contributed by atoms with Crippen LogP contribution < -0.4 is 5.56 Å². The Kier molecular flexibility index (Phi) is 2.06. The average Bonchev–Trinajstić information content (AvgIpc) is 2.54. The van der Waals surface area contributed by atoms with Crippen LogP contribution in [0.3, 0.4) is 0 Å². The van der Waals surface area contributed by atoms with Gasteiger partial charge in [0, 0.05) is 0 Å². The molecule has 0 radical (unpaired) electrons. The summed E-state index contributed by atoms with van der Waals surface area (Å²) in [4.78, 5) is 15.9. The van der Waals surface area contributed by atoms with E-state index in [9.17, 15) is 4.79 Å². The highest BCUT2D eigenvalue weighted by molar-refractivity contribution is 7.17. The first-order valence-electron chi connectivity index (χ1n) is 4.04. The zero-order valence-electron chi connectivity index (χ0n) is 7.52. The zero-order valence-corrected chi connectivity index (χ0v) is 8.34. The van der Waals surface area contributed by atoms with E-state index in [0.717, 1.165) is 11.1 Å². The fourth-order valence-electron chi connectivity index (χ4n) is 1.25. The standard InChI is InChI=1S/C9H7N3OS/c1-6-4-14-8-7(6)11-5-12(3-2-10)9(8)13/h4-5H,3H2,1H3. The third-order valence-electron chi connectivity index (χ3n) is 1.96. The molecule has 0 saturated carbocycles.